The first-order valence-electron chi connectivity index (χ1n) is 6.83. The quantitative estimate of drug-likeness (QED) is 0.662. The average molecular weight is 207 g/mol. The van der Waals surface area contributed by atoms with Crippen LogP contribution in [0.2, 0.25) is 0 Å². The standard InChI is InChI=1S/C14H25N/c1-2-14(13-9-5-3-6-10-13)15-11-7-4-8-12-15/h2,13H,3-12H2,1H3/b14-2+. The van der Waals surface area contributed by atoms with Crippen molar-refractivity contribution in [3.8, 4) is 0 Å². The van der Waals surface area contributed by atoms with Crippen molar-refractivity contribution in [2.24, 2.45) is 5.92 Å². The maximum Gasteiger partial charge on any atom is 0.0175 e. The van der Waals surface area contributed by atoms with E-state index < -0.39 is 0 Å². The second-order valence-electron chi connectivity index (χ2n) is 5.10. The lowest BCUT2D eigenvalue weighted by Gasteiger charge is -2.36. The molecule has 0 amide bonds. The topological polar surface area (TPSA) is 3.24 Å². The van der Waals surface area contributed by atoms with Crippen molar-refractivity contribution in [3.63, 3.8) is 0 Å². The molecule has 1 aliphatic carbocycles. The Balaban J connectivity index is 1.95. The first kappa shape index (κ1) is 11.0. The molecule has 15 heavy (non-hydrogen) atoms. The van der Waals surface area contributed by atoms with Gasteiger partial charge in [0, 0.05) is 18.8 Å². The van der Waals surface area contributed by atoms with E-state index in [1.54, 1.807) is 5.70 Å². The van der Waals surface area contributed by atoms with Crippen LogP contribution in [-0.4, -0.2) is 18.0 Å². The van der Waals surface area contributed by atoms with Gasteiger partial charge in [0.15, 0.2) is 0 Å². The zero-order chi connectivity index (χ0) is 10.5. The Morgan fingerprint density at radius 2 is 1.53 bits per heavy atom. The van der Waals surface area contributed by atoms with E-state index >= 15 is 0 Å². The van der Waals surface area contributed by atoms with E-state index in [2.05, 4.69) is 17.9 Å². The molecule has 0 N–H and O–H groups in total. The zero-order valence-electron chi connectivity index (χ0n) is 10.2. The molecule has 1 nitrogen and oxygen atoms in total. The summed E-state index contributed by atoms with van der Waals surface area (Å²) in [6.45, 7) is 4.87. The first-order chi connectivity index (χ1) is 7.42. The van der Waals surface area contributed by atoms with Crippen molar-refractivity contribution in [1.82, 2.24) is 4.90 Å². The lowest BCUT2D eigenvalue weighted by Crippen LogP contribution is -2.33. The maximum absolute atomic E-state index is 2.67. The van der Waals surface area contributed by atoms with Gasteiger partial charge in [-0.2, -0.15) is 0 Å². The Kier molecular flexibility index (Phi) is 4.10. The third-order valence-electron chi connectivity index (χ3n) is 4.04. The average Bonchev–Trinajstić information content (AvgIpc) is 2.33. The molecule has 0 aromatic heterocycles. The van der Waals surface area contributed by atoms with Crippen LogP contribution < -0.4 is 0 Å². The third-order valence-corrected chi connectivity index (χ3v) is 4.04. The van der Waals surface area contributed by atoms with E-state index in [-0.39, 0.29) is 0 Å². The summed E-state index contributed by atoms with van der Waals surface area (Å²) in [6.07, 6.45) is 13.9. The molecule has 1 heterocycles. The summed E-state index contributed by atoms with van der Waals surface area (Å²) in [7, 11) is 0. The van der Waals surface area contributed by atoms with Crippen LogP contribution in [0.4, 0.5) is 0 Å². The van der Waals surface area contributed by atoms with Crippen molar-refractivity contribution in [3.05, 3.63) is 11.8 Å². The fraction of sp³-hybridized carbons (Fsp3) is 0.857. The van der Waals surface area contributed by atoms with E-state index in [9.17, 15) is 0 Å². The molecule has 1 heteroatoms. The minimum Gasteiger partial charge on any atom is -0.375 e. The molecule has 2 rings (SSSR count). The molecule has 0 aromatic rings. The van der Waals surface area contributed by atoms with Crippen LogP contribution in [0, 0.1) is 5.92 Å². The van der Waals surface area contributed by atoms with Crippen molar-refractivity contribution in [2.45, 2.75) is 58.3 Å². The second kappa shape index (κ2) is 5.58. The Morgan fingerprint density at radius 1 is 0.933 bits per heavy atom. The summed E-state index contributed by atoms with van der Waals surface area (Å²) in [5.41, 5.74) is 1.68. The SMILES string of the molecule is C/C=C(\C1CCCCC1)N1CCCCC1. The molecule has 0 unspecified atom stereocenters. The van der Waals surface area contributed by atoms with Crippen LogP contribution in [0.1, 0.15) is 58.3 Å². The highest BCUT2D eigenvalue weighted by molar-refractivity contribution is 5.06. The molecular weight excluding hydrogens is 182 g/mol. The molecule has 1 saturated carbocycles. The fourth-order valence-corrected chi connectivity index (χ4v) is 3.23. The van der Waals surface area contributed by atoms with E-state index in [1.165, 1.54) is 64.5 Å². The molecule has 0 atom stereocenters. The molecular formula is C14H25N. The predicted molar refractivity (Wildman–Crippen MR) is 65.8 cm³/mol. The van der Waals surface area contributed by atoms with Gasteiger partial charge in [0.05, 0.1) is 0 Å². The van der Waals surface area contributed by atoms with Gasteiger partial charge >= 0.3 is 0 Å². The largest absolute Gasteiger partial charge is 0.375 e. The summed E-state index contributed by atoms with van der Waals surface area (Å²) in [6, 6.07) is 0. The van der Waals surface area contributed by atoms with Gasteiger partial charge < -0.3 is 4.90 Å². The van der Waals surface area contributed by atoms with E-state index in [0.29, 0.717) is 0 Å². The van der Waals surface area contributed by atoms with Gasteiger partial charge in [-0.25, -0.2) is 0 Å². The number of nitrogens with zero attached hydrogens (tertiary/aromatic N) is 1. The molecule has 2 aliphatic rings. The van der Waals surface area contributed by atoms with Crippen molar-refractivity contribution < 1.29 is 0 Å². The molecule has 1 aliphatic heterocycles. The highest BCUT2D eigenvalue weighted by Crippen LogP contribution is 2.32. The van der Waals surface area contributed by atoms with E-state index in [0.717, 1.165) is 5.92 Å². The minimum absolute atomic E-state index is 0.891. The van der Waals surface area contributed by atoms with Crippen LogP contribution in [0.25, 0.3) is 0 Å². The monoisotopic (exact) mass is 207 g/mol. The highest BCUT2D eigenvalue weighted by Gasteiger charge is 2.22. The predicted octanol–water partition coefficient (Wildman–Crippen LogP) is 3.96. The van der Waals surface area contributed by atoms with Crippen LogP contribution in [-0.2, 0) is 0 Å². The molecule has 86 valence electrons. The summed E-state index contributed by atoms with van der Waals surface area (Å²) in [4.78, 5) is 2.67. The molecule has 1 saturated heterocycles. The number of hydrogen-bond acceptors (Lipinski definition) is 1. The third kappa shape index (κ3) is 2.76. The zero-order valence-corrected chi connectivity index (χ0v) is 10.2. The van der Waals surface area contributed by atoms with Crippen LogP contribution in [0.15, 0.2) is 11.8 Å². The molecule has 0 radical (unpaired) electrons. The summed E-state index contributed by atoms with van der Waals surface area (Å²) >= 11 is 0. The van der Waals surface area contributed by atoms with Crippen LogP contribution in [0.3, 0.4) is 0 Å². The Labute approximate surface area is 94.5 Å². The molecule has 2 fully saturated rings. The number of allylic oxidation sites excluding steroid dienone is 2. The van der Waals surface area contributed by atoms with Gasteiger partial charge in [-0.1, -0.05) is 25.3 Å². The van der Waals surface area contributed by atoms with Gasteiger partial charge in [0.2, 0.25) is 0 Å². The summed E-state index contributed by atoms with van der Waals surface area (Å²) in [5, 5.41) is 0. The van der Waals surface area contributed by atoms with Crippen molar-refractivity contribution in [2.75, 3.05) is 13.1 Å². The van der Waals surface area contributed by atoms with Gasteiger partial charge in [-0.3, -0.25) is 0 Å². The number of likely N-dealkylation sites (tertiary alicyclic amines) is 1. The van der Waals surface area contributed by atoms with Gasteiger partial charge in [0.25, 0.3) is 0 Å². The number of rotatable bonds is 2. The Hall–Kier alpha value is -0.460. The summed E-state index contributed by atoms with van der Waals surface area (Å²) in [5.74, 6) is 0.891. The molecule has 0 spiro atoms. The number of piperidine rings is 1. The smallest absolute Gasteiger partial charge is 0.0175 e. The Bertz CT molecular complexity index is 187. The maximum atomic E-state index is 2.67. The van der Waals surface area contributed by atoms with Gasteiger partial charge in [-0.05, 0) is 44.9 Å². The summed E-state index contributed by atoms with van der Waals surface area (Å²) < 4.78 is 0. The van der Waals surface area contributed by atoms with Crippen LogP contribution in [0.5, 0.6) is 0 Å². The van der Waals surface area contributed by atoms with Gasteiger partial charge in [0.1, 0.15) is 0 Å². The van der Waals surface area contributed by atoms with Crippen LogP contribution >= 0.6 is 0 Å². The minimum atomic E-state index is 0.891. The number of hydrogen-bond donors (Lipinski definition) is 0. The first-order valence-corrected chi connectivity index (χ1v) is 6.83. The second-order valence-corrected chi connectivity index (χ2v) is 5.10. The van der Waals surface area contributed by atoms with Gasteiger partial charge in [-0.15, -0.1) is 0 Å². The molecule has 0 bridgehead atoms. The van der Waals surface area contributed by atoms with Crippen molar-refractivity contribution in [1.29, 1.82) is 0 Å². The Morgan fingerprint density at radius 3 is 2.13 bits per heavy atom. The fourth-order valence-electron chi connectivity index (χ4n) is 3.23. The van der Waals surface area contributed by atoms with E-state index in [4.69, 9.17) is 0 Å². The molecule has 0 aromatic carbocycles. The normalized spacial score (nSPS) is 25.7. The van der Waals surface area contributed by atoms with Crippen molar-refractivity contribution >= 4 is 0 Å². The lowest BCUT2D eigenvalue weighted by atomic mass is 9.85. The highest BCUT2D eigenvalue weighted by atomic mass is 15.1. The van der Waals surface area contributed by atoms with E-state index in [1.807, 2.05) is 0 Å². The lowest BCUT2D eigenvalue weighted by molar-refractivity contribution is 0.233.